The standard InChI is InChI=1S/C20H21NO4/c1-13(2)24-19(22)17-12-21-18(20(23)25-14(3)4)16(17)11-10-15-8-6-5-7-9-15/h5-9,12-14,21H,1-4H3. The first kappa shape index (κ1) is 18.3. The number of esters is 2. The number of ether oxygens (including phenoxy) is 2. The lowest BCUT2D eigenvalue weighted by atomic mass is 10.1. The summed E-state index contributed by atoms with van der Waals surface area (Å²) in [6, 6.07) is 9.31. The molecule has 0 fully saturated rings. The maximum absolute atomic E-state index is 12.3. The van der Waals surface area contributed by atoms with Crippen LogP contribution in [-0.2, 0) is 9.47 Å². The Labute approximate surface area is 147 Å². The number of aromatic nitrogens is 1. The largest absolute Gasteiger partial charge is 0.459 e. The smallest absolute Gasteiger partial charge is 0.356 e. The first-order valence-corrected chi connectivity index (χ1v) is 8.09. The van der Waals surface area contributed by atoms with E-state index in [-0.39, 0.29) is 29.0 Å². The van der Waals surface area contributed by atoms with Crippen LogP contribution in [0.25, 0.3) is 0 Å². The van der Waals surface area contributed by atoms with Gasteiger partial charge in [-0.2, -0.15) is 0 Å². The zero-order valence-corrected chi connectivity index (χ0v) is 14.8. The number of benzene rings is 1. The van der Waals surface area contributed by atoms with Gasteiger partial charge in [0, 0.05) is 11.8 Å². The van der Waals surface area contributed by atoms with Gasteiger partial charge in [0.2, 0.25) is 0 Å². The number of nitrogens with one attached hydrogen (secondary N) is 1. The summed E-state index contributed by atoms with van der Waals surface area (Å²) in [7, 11) is 0. The minimum atomic E-state index is -0.559. The Hall–Kier alpha value is -3.00. The molecule has 25 heavy (non-hydrogen) atoms. The van der Waals surface area contributed by atoms with Crippen LogP contribution in [0, 0.1) is 11.8 Å². The molecule has 2 aromatic rings. The quantitative estimate of drug-likeness (QED) is 0.683. The van der Waals surface area contributed by atoms with Gasteiger partial charge in [-0.05, 0) is 39.8 Å². The van der Waals surface area contributed by atoms with E-state index in [0.29, 0.717) is 0 Å². The maximum Gasteiger partial charge on any atom is 0.356 e. The van der Waals surface area contributed by atoms with Crippen molar-refractivity contribution < 1.29 is 19.1 Å². The number of hydrogen-bond donors (Lipinski definition) is 1. The fourth-order valence-corrected chi connectivity index (χ4v) is 2.08. The minimum Gasteiger partial charge on any atom is -0.459 e. The van der Waals surface area contributed by atoms with Gasteiger partial charge < -0.3 is 14.5 Å². The third-order valence-corrected chi connectivity index (χ3v) is 3.10. The molecule has 0 aliphatic heterocycles. The molecule has 0 saturated carbocycles. The van der Waals surface area contributed by atoms with Gasteiger partial charge in [-0.1, -0.05) is 30.0 Å². The van der Waals surface area contributed by atoms with Gasteiger partial charge in [-0.3, -0.25) is 0 Å². The van der Waals surface area contributed by atoms with Gasteiger partial charge in [0.15, 0.2) is 0 Å². The molecule has 5 heteroatoms. The number of H-pyrrole nitrogens is 1. The molecule has 0 saturated heterocycles. The summed E-state index contributed by atoms with van der Waals surface area (Å²) in [5.74, 6) is 4.77. The number of hydrogen-bond acceptors (Lipinski definition) is 4. The zero-order valence-electron chi connectivity index (χ0n) is 14.8. The van der Waals surface area contributed by atoms with Crippen molar-refractivity contribution in [3.8, 4) is 11.8 Å². The van der Waals surface area contributed by atoms with Crippen LogP contribution in [0.1, 0.15) is 59.7 Å². The highest BCUT2D eigenvalue weighted by Gasteiger charge is 2.23. The van der Waals surface area contributed by atoms with Crippen molar-refractivity contribution in [2.75, 3.05) is 0 Å². The molecule has 1 aromatic carbocycles. The van der Waals surface area contributed by atoms with Crippen molar-refractivity contribution in [1.29, 1.82) is 0 Å². The molecule has 0 atom stereocenters. The highest BCUT2D eigenvalue weighted by Crippen LogP contribution is 2.17. The van der Waals surface area contributed by atoms with Crippen molar-refractivity contribution >= 4 is 11.9 Å². The van der Waals surface area contributed by atoms with Crippen molar-refractivity contribution in [1.82, 2.24) is 4.98 Å². The molecule has 2 rings (SSSR count). The molecule has 0 bridgehead atoms. The highest BCUT2D eigenvalue weighted by atomic mass is 16.5. The molecular weight excluding hydrogens is 318 g/mol. The average molecular weight is 339 g/mol. The van der Waals surface area contributed by atoms with Gasteiger partial charge in [0.1, 0.15) is 5.69 Å². The molecule has 130 valence electrons. The third kappa shape index (κ3) is 4.98. The highest BCUT2D eigenvalue weighted by molar-refractivity contribution is 5.99. The second-order valence-electron chi connectivity index (χ2n) is 5.98. The lowest BCUT2D eigenvalue weighted by molar-refractivity contribution is 0.0369. The number of carbonyl (C=O) groups is 2. The molecule has 5 nitrogen and oxygen atoms in total. The van der Waals surface area contributed by atoms with Crippen LogP contribution in [0.5, 0.6) is 0 Å². The summed E-state index contributed by atoms with van der Waals surface area (Å²) < 4.78 is 10.4. The van der Waals surface area contributed by atoms with Crippen LogP contribution in [0.15, 0.2) is 36.5 Å². The zero-order chi connectivity index (χ0) is 18.4. The fraction of sp³-hybridized carbons (Fsp3) is 0.300. The predicted molar refractivity (Wildman–Crippen MR) is 94.3 cm³/mol. The predicted octanol–water partition coefficient (Wildman–Crippen LogP) is 3.54. The van der Waals surface area contributed by atoms with Crippen molar-refractivity contribution in [2.24, 2.45) is 0 Å². The molecule has 1 heterocycles. The van der Waals surface area contributed by atoms with Crippen LogP contribution in [0.2, 0.25) is 0 Å². The second-order valence-corrected chi connectivity index (χ2v) is 5.98. The van der Waals surface area contributed by atoms with Gasteiger partial charge in [-0.15, -0.1) is 0 Å². The topological polar surface area (TPSA) is 68.4 Å². The number of aromatic amines is 1. The average Bonchev–Trinajstić information content (AvgIpc) is 2.96. The molecule has 0 spiro atoms. The monoisotopic (exact) mass is 339 g/mol. The number of rotatable bonds is 4. The summed E-state index contributed by atoms with van der Waals surface area (Å²) in [6.45, 7) is 7.02. The third-order valence-electron chi connectivity index (χ3n) is 3.10. The van der Waals surface area contributed by atoms with E-state index in [1.807, 2.05) is 30.3 Å². The molecule has 0 amide bonds. The van der Waals surface area contributed by atoms with Crippen LogP contribution < -0.4 is 0 Å². The first-order chi connectivity index (χ1) is 11.9. The van der Waals surface area contributed by atoms with Crippen LogP contribution in [0.4, 0.5) is 0 Å². The number of carbonyl (C=O) groups excluding carboxylic acids is 2. The first-order valence-electron chi connectivity index (χ1n) is 8.09. The maximum atomic E-state index is 12.3. The van der Waals surface area contributed by atoms with E-state index in [4.69, 9.17) is 9.47 Å². The normalized spacial score (nSPS) is 10.3. The summed E-state index contributed by atoms with van der Waals surface area (Å²) >= 11 is 0. The Bertz CT molecular complexity index is 768. The second kappa shape index (κ2) is 8.20. The van der Waals surface area contributed by atoms with Gasteiger partial charge in [-0.25, -0.2) is 9.59 Å². The van der Waals surface area contributed by atoms with Gasteiger partial charge >= 0.3 is 11.9 Å². The van der Waals surface area contributed by atoms with Gasteiger partial charge in [0.25, 0.3) is 0 Å². The molecule has 1 aromatic heterocycles. The molecule has 0 unspecified atom stereocenters. The lowest BCUT2D eigenvalue weighted by Crippen LogP contribution is -2.15. The van der Waals surface area contributed by atoms with Crippen LogP contribution >= 0.6 is 0 Å². The molecule has 0 aliphatic rings. The molecular formula is C20H21NO4. The van der Waals surface area contributed by atoms with E-state index >= 15 is 0 Å². The Balaban J connectivity index is 2.44. The summed E-state index contributed by atoms with van der Waals surface area (Å²) in [4.78, 5) is 27.3. The van der Waals surface area contributed by atoms with Crippen molar-refractivity contribution in [2.45, 2.75) is 39.9 Å². The van der Waals surface area contributed by atoms with Crippen LogP contribution in [0.3, 0.4) is 0 Å². The minimum absolute atomic E-state index is 0.146. The summed E-state index contributed by atoms with van der Waals surface area (Å²) in [5.41, 5.74) is 1.41. The van der Waals surface area contributed by atoms with E-state index in [0.717, 1.165) is 5.56 Å². The van der Waals surface area contributed by atoms with Crippen molar-refractivity contribution in [3.05, 3.63) is 58.9 Å². The van der Waals surface area contributed by atoms with E-state index in [1.54, 1.807) is 27.7 Å². The van der Waals surface area contributed by atoms with Crippen molar-refractivity contribution in [3.63, 3.8) is 0 Å². The Morgan fingerprint density at radius 1 is 0.920 bits per heavy atom. The molecule has 1 N–H and O–H groups in total. The Morgan fingerprint density at radius 2 is 1.52 bits per heavy atom. The fourth-order valence-electron chi connectivity index (χ4n) is 2.08. The summed E-state index contributed by atoms with van der Waals surface area (Å²) in [6.07, 6.45) is 0.872. The molecule has 0 aliphatic carbocycles. The molecule has 0 radical (unpaired) electrons. The van der Waals surface area contributed by atoms with Crippen LogP contribution in [-0.4, -0.2) is 29.1 Å². The lowest BCUT2D eigenvalue weighted by Gasteiger charge is -2.08. The van der Waals surface area contributed by atoms with E-state index in [2.05, 4.69) is 16.8 Å². The summed E-state index contributed by atoms with van der Waals surface area (Å²) in [5, 5.41) is 0. The van der Waals surface area contributed by atoms with Gasteiger partial charge in [0.05, 0.1) is 23.3 Å². The SMILES string of the molecule is CC(C)OC(=O)c1c[nH]c(C(=O)OC(C)C)c1C#Cc1ccccc1. The Morgan fingerprint density at radius 3 is 2.12 bits per heavy atom. The van der Waals surface area contributed by atoms with E-state index in [1.165, 1.54) is 6.20 Å². The Kier molecular flexibility index (Phi) is 6.02. The van der Waals surface area contributed by atoms with E-state index in [9.17, 15) is 9.59 Å². The van der Waals surface area contributed by atoms with E-state index < -0.39 is 11.9 Å².